The molecule has 3 aromatic rings. The third kappa shape index (κ3) is 5.31. The first-order valence-electron chi connectivity index (χ1n) is 9.31. The summed E-state index contributed by atoms with van der Waals surface area (Å²) >= 11 is 0. The summed E-state index contributed by atoms with van der Waals surface area (Å²) in [6, 6.07) is 18.3. The zero-order valence-electron chi connectivity index (χ0n) is 16.5. The smallest absolute Gasteiger partial charge is 0.424 e. The molecule has 8 heteroatoms. The van der Waals surface area contributed by atoms with Gasteiger partial charge in [0, 0.05) is 16.8 Å². The van der Waals surface area contributed by atoms with E-state index >= 15 is 0 Å². The van der Waals surface area contributed by atoms with Crippen LogP contribution in [0.2, 0.25) is 0 Å². The zero-order chi connectivity index (χ0) is 22.4. The Morgan fingerprint density at radius 1 is 0.903 bits per heavy atom. The third-order valence-electron chi connectivity index (χ3n) is 4.48. The molecule has 0 heterocycles. The molecule has 0 atom stereocenters. The molecule has 0 bridgehead atoms. The summed E-state index contributed by atoms with van der Waals surface area (Å²) in [6.45, 7) is -0.561. The first kappa shape index (κ1) is 21.7. The fourth-order valence-corrected chi connectivity index (χ4v) is 2.93. The summed E-state index contributed by atoms with van der Waals surface area (Å²) in [5.74, 6) is 4.06. The topological polar surface area (TPSA) is 116 Å². The average molecular weight is 421 g/mol. The molecular formula is C23H20FN3O4. The fourth-order valence-electron chi connectivity index (χ4n) is 2.93. The first-order chi connectivity index (χ1) is 14.9. The van der Waals surface area contributed by atoms with Gasteiger partial charge in [-0.3, -0.25) is 9.59 Å². The van der Waals surface area contributed by atoms with Gasteiger partial charge in [-0.15, -0.1) is 0 Å². The van der Waals surface area contributed by atoms with Crippen LogP contribution < -0.4 is 11.6 Å². The number of nitrogen functional groups attached to an aromatic ring is 1. The minimum Gasteiger partial charge on any atom is -0.444 e. The highest BCUT2D eigenvalue weighted by atomic mass is 19.1. The summed E-state index contributed by atoms with van der Waals surface area (Å²) in [5.41, 5.74) is 6.91. The number of anilines is 1. The maximum atomic E-state index is 13.2. The van der Waals surface area contributed by atoms with Crippen molar-refractivity contribution in [1.29, 1.82) is 0 Å². The summed E-state index contributed by atoms with van der Waals surface area (Å²) in [4.78, 5) is 37.8. The lowest BCUT2D eigenvalue weighted by molar-refractivity contribution is 0.0802. The van der Waals surface area contributed by atoms with Crippen LogP contribution in [0.5, 0.6) is 0 Å². The van der Waals surface area contributed by atoms with Crippen LogP contribution in [0.25, 0.3) is 0 Å². The monoisotopic (exact) mass is 421 g/mol. The van der Waals surface area contributed by atoms with E-state index in [0.29, 0.717) is 5.01 Å². The lowest BCUT2D eigenvalue weighted by Crippen LogP contribution is -2.42. The lowest BCUT2D eigenvalue weighted by atomic mass is 9.94. The van der Waals surface area contributed by atoms with Gasteiger partial charge >= 0.3 is 6.09 Å². The number of hydrazine groups is 1. The Bertz CT molecular complexity index is 1100. The summed E-state index contributed by atoms with van der Waals surface area (Å²) < 4.78 is 18.3. The van der Waals surface area contributed by atoms with Gasteiger partial charge in [0.25, 0.3) is 0 Å². The quantitative estimate of drug-likeness (QED) is 0.199. The predicted molar refractivity (Wildman–Crippen MR) is 113 cm³/mol. The van der Waals surface area contributed by atoms with Crippen LogP contribution in [0.3, 0.4) is 0 Å². The molecule has 1 amide bonds. The van der Waals surface area contributed by atoms with Crippen LogP contribution in [-0.2, 0) is 11.3 Å². The Morgan fingerprint density at radius 2 is 1.58 bits per heavy atom. The number of carbonyl (C=O) groups excluding carboxylic acids is 3. The number of hydrogen-bond acceptors (Lipinski definition) is 6. The van der Waals surface area contributed by atoms with E-state index in [-0.39, 0.29) is 29.0 Å². The van der Waals surface area contributed by atoms with E-state index < -0.39 is 30.0 Å². The predicted octanol–water partition coefficient (Wildman–Crippen LogP) is 3.33. The molecule has 0 aliphatic heterocycles. The highest BCUT2D eigenvalue weighted by molar-refractivity contribution is 6.18. The molecule has 3 aromatic carbocycles. The molecular weight excluding hydrogens is 401 g/mol. The summed E-state index contributed by atoms with van der Waals surface area (Å²) in [5, 5.41) is 0.615. The number of rotatable bonds is 7. The van der Waals surface area contributed by atoms with E-state index in [9.17, 15) is 18.8 Å². The molecule has 4 N–H and O–H groups in total. The van der Waals surface area contributed by atoms with E-state index in [2.05, 4.69) is 0 Å². The number of halogens is 1. The molecule has 0 spiro atoms. The number of benzene rings is 3. The molecule has 0 saturated heterocycles. The number of nitrogens with zero attached hydrogens (tertiary/aromatic N) is 1. The minimum atomic E-state index is -0.905. The van der Waals surface area contributed by atoms with Crippen LogP contribution in [0, 0.1) is 5.82 Å². The van der Waals surface area contributed by atoms with Crippen molar-refractivity contribution in [3.05, 3.63) is 101 Å². The molecule has 0 fully saturated rings. The van der Waals surface area contributed by atoms with Gasteiger partial charge in [0.05, 0.1) is 5.56 Å². The van der Waals surface area contributed by atoms with Crippen molar-refractivity contribution in [3.63, 3.8) is 0 Å². The van der Waals surface area contributed by atoms with E-state index in [1.54, 1.807) is 24.3 Å². The number of ether oxygens (including phenoxy) is 1. The van der Waals surface area contributed by atoms with Crippen molar-refractivity contribution in [3.8, 4) is 0 Å². The Morgan fingerprint density at radius 3 is 2.26 bits per heavy atom. The molecule has 3 rings (SSSR count). The number of ketones is 2. The van der Waals surface area contributed by atoms with Crippen molar-refractivity contribution >= 4 is 23.3 Å². The molecule has 0 unspecified atom stereocenters. The van der Waals surface area contributed by atoms with Crippen LogP contribution in [0.15, 0.2) is 72.8 Å². The second-order valence-electron chi connectivity index (χ2n) is 6.70. The van der Waals surface area contributed by atoms with E-state index in [1.165, 1.54) is 30.3 Å². The average Bonchev–Trinajstić information content (AvgIpc) is 2.77. The maximum Gasteiger partial charge on any atom is 0.424 e. The fraction of sp³-hybridized carbons (Fsp3) is 0.0870. The number of Topliss-reactive ketones (excluding diaryl/α,β-unsaturated/α-hetero) is 1. The SMILES string of the molecule is Nc1cccc(C(=O)c2ccc(F)cc2)c1C(=O)CN(N)C(=O)OCc1ccccc1. The van der Waals surface area contributed by atoms with Crippen molar-refractivity contribution in [2.75, 3.05) is 12.3 Å². The van der Waals surface area contributed by atoms with Gasteiger partial charge in [0.2, 0.25) is 0 Å². The van der Waals surface area contributed by atoms with Gasteiger partial charge in [0.1, 0.15) is 19.0 Å². The van der Waals surface area contributed by atoms with Gasteiger partial charge in [-0.2, -0.15) is 0 Å². The number of hydrogen-bond donors (Lipinski definition) is 2. The van der Waals surface area contributed by atoms with E-state index in [4.69, 9.17) is 16.3 Å². The number of amides is 1. The molecule has 31 heavy (non-hydrogen) atoms. The normalized spacial score (nSPS) is 10.4. The van der Waals surface area contributed by atoms with E-state index in [1.807, 2.05) is 6.07 Å². The Hall–Kier alpha value is -4.04. The standard InChI is InChI=1S/C23H20FN3O4/c24-17-11-9-16(10-12-17)22(29)18-7-4-8-19(25)21(18)20(28)13-27(26)23(30)31-14-15-5-2-1-3-6-15/h1-12H,13-14,25-26H2. The Kier molecular flexibility index (Phi) is 6.74. The Labute approximate surface area is 178 Å². The van der Waals surface area contributed by atoms with Crippen molar-refractivity contribution in [1.82, 2.24) is 5.01 Å². The third-order valence-corrected chi connectivity index (χ3v) is 4.48. The second-order valence-corrected chi connectivity index (χ2v) is 6.70. The number of nitrogens with two attached hydrogens (primary N) is 2. The molecule has 7 nitrogen and oxygen atoms in total. The molecule has 0 aromatic heterocycles. The van der Waals surface area contributed by atoms with Gasteiger partial charge in [-0.05, 0) is 35.9 Å². The molecule has 0 aliphatic carbocycles. The van der Waals surface area contributed by atoms with Gasteiger partial charge < -0.3 is 10.5 Å². The van der Waals surface area contributed by atoms with Gasteiger partial charge in [0.15, 0.2) is 11.6 Å². The van der Waals surface area contributed by atoms with Crippen LogP contribution in [0.1, 0.15) is 31.8 Å². The minimum absolute atomic E-state index is 0.0106. The van der Waals surface area contributed by atoms with Crippen LogP contribution in [-0.4, -0.2) is 29.2 Å². The maximum absolute atomic E-state index is 13.2. The number of carbonyl (C=O) groups is 3. The molecule has 0 radical (unpaired) electrons. The van der Waals surface area contributed by atoms with Gasteiger partial charge in [-0.25, -0.2) is 20.0 Å². The van der Waals surface area contributed by atoms with Gasteiger partial charge in [-0.1, -0.05) is 42.5 Å². The highest BCUT2D eigenvalue weighted by Crippen LogP contribution is 2.22. The van der Waals surface area contributed by atoms with Crippen molar-refractivity contribution in [2.24, 2.45) is 5.84 Å². The first-order valence-corrected chi connectivity index (χ1v) is 9.31. The molecule has 0 aliphatic rings. The molecule has 0 saturated carbocycles. The lowest BCUT2D eigenvalue weighted by Gasteiger charge is -2.17. The largest absolute Gasteiger partial charge is 0.444 e. The van der Waals surface area contributed by atoms with Crippen molar-refractivity contribution in [2.45, 2.75) is 6.61 Å². The summed E-state index contributed by atoms with van der Waals surface area (Å²) in [7, 11) is 0. The second kappa shape index (κ2) is 9.64. The Balaban J connectivity index is 1.74. The van der Waals surface area contributed by atoms with Crippen LogP contribution >= 0.6 is 0 Å². The van der Waals surface area contributed by atoms with Crippen molar-refractivity contribution < 1.29 is 23.5 Å². The highest BCUT2D eigenvalue weighted by Gasteiger charge is 2.24. The zero-order valence-corrected chi connectivity index (χ0v) is 16.5. The summed E-state index contributed by atoms with van der Waals surface area (Å²) in [6.07, 6.45) is -0.905. The van der Waals surface area contributed by atoms with Crippen LogP contribution in [0.4, 0.5) is 14.9 Å². The molecule has 158 valence electrons. The van der Waals surface area contributed by atoms with E-state index in [0.717, 1.165) is 17.7 Å².